The Labute approximate surface area is 150 Å². The standard InChI is InChI=1S/C18H15N3OS2/c1-2-11-5-7-12(8-6-11)10-21-17(22)15-14(20-18(21)23)13-4-3-9-19-16(13)24-15/h3-9,15H,2,10H2,1H3. The van der Waals surface area contributed by atoms with E-state index < -0.39 is 0 Å². The largest absolute Gasteiger partial charge is 0.282 e. The first-order chi connectivity index (χ1) is 11.7. The summed E-state index contributed by atoms with van der Waals surface area (Å²) < 4.78 is 0. The van der Waals surface area contributed by atoms with Crippen molar-refractivity contribution in [2.75, 3.05) is 0 Å². The average Bonchev–Trinajstić information content (AvgIpc) is 2.98. The van der Waals surface area contributed by atoms with Gasteiger partial charge in [-0.15, -0.1) is 0 Å². The van der Waals surface area contributed by atoms with Crippen LogP contribution in [0.3, 0.4) is 0 Å². The number of aromatic nitrogens is 1. The number of nitrogens with zero attached hydrogens (tertiary/aromatic N) is 3. The summed E-state index contributed by atoms with van der Waals surface area (Å²) >= 11 is 6.85. The molecule has 0 radical (unpaired) electrons. The molecule has 0 saturated carbocycles. The minimum absolute atomic E-state index is 0.00688. The van der Waals surface area contributed by atoms with Gasteiger partial charge in [-0.25, -0.2) is 9.98 Å². The molecule has 1 atom stereocenters. The number of rotatable bonds is 3. The maximum Gasteiger partial charge on any atom is 0.248 e. The topological polar surface area (TPSA) is 45.6 Å². The lowest BCUT2D eigenvalue weighted by Gasteiger charge is -2.28. The number of carbonyl (C=O) groups is 1. The third-order valence-corrected chi connectivity index (χ3v) is 5.76. The van der Waals surface area contributed by atoms with Gasteiger partial charge in [0.25, 0.3) is 0 Å². The van der Waals surface area contributed by atoms with E-state index in [9.17, 15) is 4.79 Å². The molecular formula is C18H15N3OS2. The van der Waals surface area contributed by atoms with E-state index in [2.05, 4.69) is 29.0 Å². The molecule has 3 heterocycles. The molecule has 0 fully saturated rings. The summed E-state index contributed by atoms with van der Waals surface area (Å²) in [5.74, 6) is -0.00688. The summed E-state index contributed by atoms with van der Waals surface area (Å²) in [7, 11) is 0. The predicted octanol–water partition coefficient (Wildman–Crippen LogP) is 3.23. The van der Waals surface area contributed by atoms with Crippen LogP contribution in [0.1, 0.15) is 23.6 Å². The Morgan fingerprint density at radius 1 is 1.21 bits per heavy atom. The Morgan fingerprint density at radius 2 is 1.96 bits per heavy atom. The number of pyridine rings is 1. The van der Waals surface area contributed by atoms with Crippen LogP contribution in [0, 0.1) is 0 Å². The van der Waals surface area contributed by atoms with Gasteiger partial charge in [-0.1, -0.05) is 43.0 Å². The van der Waals surface area contributed by atoms with E-state index in [-0.39, 0.29) is 11.2 Å². The van der Waals surface area contributed by atoms with Gasteiger partial charge in [-0.2, -0.15) is 0 Å². The number of amides is 1. The fourth-order valence-corrected chi connectivity index (χ4v) is 4.30. The molecule has 1 amide bonds. The quantitative estimate of drug-likeness (QED) is 0.795. The van der Waals surface area contributed by atoms with E-state index in [0.29, 0.717) is 11.7 Å². The van der Waals surface area contributed by atoms with Crippen molar-refractivity contribution in [1.82, 2.24) is 9.88 Å². The normalized spacial score (nSPS) is 19.1. The molecule has 1 unspecified atom stereocenters. The number of carbonyl (C=O) groups excluding carboxylic acids is 1. The van der Waals surface area contributed by atoms with E-state index in [1.165, 1.54) is 17.3 Å². The Bertz CT molecular complexity index is 861. The molecule has 0 bridgehead atoms. The van der Waals surface area contributed by atoms with Crippen molar-refractivity contribution >= 4 is 40.7 Å². The van der Waals surface area contributed by atoms with Crippen LogP contribution in [0.2, 0.25) is 0 Å². The summed E-state index contributed by atoms with van der Waals surface area (Å²) in [5.41, 5.74) is 4.01. The highest BCUT2D eigenvalue weighted by Crippen LogP contribution is 2.38. The van der Waals surface area contributed by atoms with Gasteiger partial charge in [-0.05, 0) is 41.9 Å². The number of fused-ring (bicyclic) bond motifs is 3. The summed E-state index contributed by atoms with van der Waals surface area (Å²) in [6.45, 7) is 2.58. The zero-order valence-corrected chi connectivity index (χ0v) is 14.7. The van der Waals surface area contributed by atoms with Gasteiger partial charge in [0.2, 0.25) is 11.0 Å². The molecule has 1 aromatic carbocycles. The summed E-state index contributed by atoms with van der Waals surface area (Å²) in [5, 5.41) is 0.853. The molecule has 2 aliphatic rings. The molecule has 6 heteroatoms. The minimum atomic E-state index is -0.337. The van der Waals surface area contributed by atoms with Crippen LogP contribution in [0.25, 0.3) is 0 Å². The summed E-state index contributed by atoms with van der Waals surface area (Å²) in [6.07, 6.45) is 2.73. The Balaban J connectivity index is 1.62. The molecule has 0 spiro atoms. The highest BCUT2D eigenvalue weighted by atomic mass is 32.2. The number of thiocarbonyl (C=S) groups is 1. The van der Waals surface area contributed by atoms with E-state index in [0.717, 1.165) is 28.3 Å². The lowest BCUT2D eigenvalue weighted by molar-refractivity contribution is -0.126. The lowest BCUT2D eigenvalue weighted by Crippen LogP contribution is -2.46. The van der Waals surface area contributed by atoms with Crippen molar-refractivity contribution in [3.63, 3.8) is 0 Å². The molecule has 2 aromatic rings. The zero-order valence-electron chi connectivity index (χ0n) is 13.1. The smallest absolute Gasteiger partial charge is 0.248 e. The molecule has 0 aliphatic carbocycles. The first-order valence-electron chi connectivity index (χ1n) is 7.81. The molecule has 120 valence electrons. The van der Waals surface area contributed by atoms with Crippen molar-refractivity contribution < 1.29 is 4.79 Å². The average molecular weight is 353 g/mol. The summed E-state index contributed by atoms with van der Waals surface area (Å²) in [4.78, 5) is 23.4. The lowest BCUT2D eigenvalue weighted by atomic mass is 10.1. The molecule has 24 heavy (non-hydrogen) atoms. The van der Waals surface area contributed by atoms with Gasteiger partial charge in [0.05, 0.1) is 12.3 Å². The van der Waals surface area contributed by atoms with Crippen molar-refractivity contribution in [3.8, 4) is 0 Å². The van der Waals surface area contributed by atoms with Crippen molar-refractivity contribution in [2.24, 2.45) is 4.99 Å². The second-order valence-corrected chi connectivity index (χ2v) is 7.19. The molecule has 1 aromatic heterocycles. The maximum atomic E-state index is 12.9. The van der Waals surface area contributed by atoms with Crippen LogP contribution in [0.4, 0.5) is 0 Å². The second kappa shape index (κ2) is 6.11. The van der Waals surface area contributed by atoms with Crippen molar-refractivity contribution in [2.45, 2.75) is 30.2 Å². The van der Waals surface area contributed by atoms with E-state index in [4.69, 9.17) is 12.2 Å². The fraction of sp³-hybridized carbons (Fsp3) is 0.222. The van der Waals surface area contributed by atoms with Gasteiger partial charge in [0.1, 0.15) is 10.3 Å². The Hall–Kier alpha value is -2.05. The van der Waals surface area contributed by atoms with Crippen molar-refractivity contribution in [1.29, 1.82) is 0 Å². The van der Waals surface area contributed by atoms with Gasteiger partial charge in [0.15, 0.2) is 0 Å². The molecule has 2 aliphatic heterocycles. The number of hydrogen-bond acceptors (Lipinski definition) is 4. The second-order valence-electron chi connectivity index (χ2n) is 5.73. The Kier molecular flexibility index (Phi) is 3.94. The fourth-order valence-electron chi connectivity index (χ4n) is 2.88. The third kappa shape index (κ3) is 2.56. The SMILES string of the molecule is CCc1ccc(CN2C(=O)C3Sc4ncccc4C3=NC2=S)cc1. The van der Waals surface area contributed by atoms with Crippen LogP contribution in [-0.2, 0) is 17.8 Å². The minimum Gasteiger partial charge on any atom is -0.282 e. The van der Waals surface area contributed by atoms with Crippen LogP contribution in [-0.4, -0.2) is 31.9 Å². The zero-order chi connectivity index (χ0) is 16.7. The van der Waals surface area contributed by atoms with Crippen LogP contribution >= 0.6 is 24.0 Å². The molecule has 0 saturated heterocycles. The van der Waals surface area contributed by atoms with Crippen LogP contribution < -0.4 is 0 Å². The number of aryl methyl sites for hydroxylation is 1. The molecular weight excluding hydrogens is 338 g/mol. The van der Waals surface area contributed by atoms with Gasteiger partial charge in [-0.3, -0.25) is 9.69 Å². The van der Waals surface area contributed by atoms with Crippen LogP contribution in [0.15, 0.2) is 52.6 Å². The molecule has 4 nitrogen and oxygen atoms in total. The van der Waals surface area contributed by atoms with E-state index in [1.807, 2.05) is 24.3 Å². The predicted molar refractivity (Wildman–Crippen MR) is 99.4 cm³/mol. The van der Waals surface area contributed by atoms with Gasteiger partial charge < -0.3 is 0 Å². The number of thioether (sulfide) groups is 1. The number of aliphatic imine (C=N–C) groups is 1. The summed E-state index contributed by atoms with van der Waals surface area (Å²) in [6, 6.07) is 12.1. The first kappa shape index (κ1) is 15.5. The maximum absolute atomic E-state index is 12.9. The Morgan fingerprint density at radius 3 is 2.71 bits per heavy atom. The van der Waals surface area contributed by atoms with Gasteiger partial charge in [0, 0.05) is 11.8 Å². The van der Waals surface area contributed by atoms with E-state index >= 15 is 0 Å². The first-order valence-corrected chi connectivity index (χ1v) is 9.10. The number of benzene rings is 1. The molecule has 0 N–H and O–H groups in total. The number of hydrogen-bond donors (Lipinski definition) is 0. The van der Waals surface area contributed by atoms with Gasteiger partial charge >= 0.3 is 0 Å². The monoisotopic (exact) mass is 353 g/mol. The van der Waals surface area contributed by atoms with E-state index in [1.54, 1.807) is 11.1 Å². The highest BCUT2D eigenvalue weighted by Gasteiger charge is 2.42. The highest BCUT2D eigenvalue weighted by molar-refractivity contribution is 8.02. The van der Waals surface area contributed by atoms with Crippen LogP contribution in [0.5, 0.6) is 0 Å². The molecule has 4 rings (SSSR count). The van der Waals surface area contributed by atoms with Crippen molar-refractivity contribution in [3.05, 3.63) is 59.3 Å². The third-order valence-electron chi connectivity index (χ3n) is 4.23.